The Hall–Kier alpha value is -2.20. The van der Waals surface area contributed by atoms with Crippen molar-refractivity contribution in [1.29, 1.82) is 0 Å². The van der Waals surface area contributed by atoms with Gasteiger partial charge in [-0.3, -0.25) is 4.79 Å². The van der Waals surface area contributed by atoms with E-state index in [0.29, 0.717) is 18.1 Å². The van der Waals surface area contributed by atoms with Crippen molar-refractivity contribution in [2.75, 3.05) is 13.7 Å². The minimum atomic E-state index is -0.0388. The van der Waals surface area contributed by atoms with Crippen LogP contribution >= 0.6 is 11.6 Å². The first-order chi connectivity index (χ1) is 10.7. The molecule has 0 aromatic heterocycles. The molecule has 0 atom stereocenters. The Bertz CT molecular complexity index is 685. The molecule has 2 aromatic carbocycles. The summed E-state index contributed by atoms with van der Waals surface area (Å²) in [6.07, 6.45) is 0. The number of ether oxygens (including phenoxy) is 2. The molecule has 1 heterocycles. The van der Waals surface area contributed by atoms with E-state index in [1.165, 1.54) is 0 Å². The number of nitrogens with zero attached hydrogens (tertiary/aromatic N) is 1. The molecule has 0 fully saturated rings. The second-order valence-corrected chi connectivity index (χ2v) is 5.58. The molecule has 0 N–H and O–H groups in total. The van der Waals surface area contributed by atoms with Crippen molar-refractivity contribution in [2.24, 2.45) is 0 Å². The zero-order valence-corrected chi connectivity index (χ0v) is 13.0. The minimum absolute atomic E-state index is 0.0388. The van der Waals surface area contributed by atoms with Gasteiger partial charge < -0.3 is 14.4 Å². The van der Waals surface area contributed by atoms with Crippen LogP contribution in [0.25, 0.3) is 0 Å². The van der Waals surface area contributed by atoms with Gasteiger partial charge in [0, 0.05) is 23.7 Å². The van der Waals surface area contributed by atoms with Crippen LogP contribution in [-0.4, -0.2) is 24.5 Å². The number of fused-ring (bicyclic) bond motifs is 1. The molecule has 1 aliphatic rings. The highest BCUT2D eigenvalue weighted by Gasteiger charge is 2.21. The fourth-order valence-electron chi connectivity index (χ4n) is 2.43. The second kappa shape index (κ2) is 6.28. The lowest BCUT2D eigenvalue weighted by Gasteiger charge is -2.20. The highest BCUT2D eigenvalue weighted by Crippen LogP contribution is 2.27. The van der Waals surface area contributed by atoms with Gasteiger partial charge in [-0.25, -0.2) is 0 Å². The number of carbonyl (C=O) groups excluding carboxylic acids is 1. The van der Waals surface area contributed by atoms with Crippen LogP contribution < -0.4 is 9.47 Å². The highest BCUT2D eigenvalue weighted by atomic mass is 35.5. The molecule has 22 heavy (non-hydrogen) atoms. The number of hydrogen-bond acceptors (Lipinski definition) is 3. The number of hydrogen-bond donors (Lipinski definition) is 0. The Kier molecular flexibility index (Phi) is 4.20. The van der Waals surface area contributed by atoms with E-state index in [0.717, 1.165) is 22.6 Å². The maximum absolute atomic E-state index is 12.2. The molecule has 0 radical (unpaired) electrons. The lowest BCUT2D eigenvalue weighted by molar-refractivity contribution is -0.133. The van der Waals surface area contributed by atoms with Crippen molar-refractivity contribution in [2.45, 2.75) is 13.1 Å². The van der Waals surface area contributed by atoms with Crippen LogP contribution in [0.1, 0.15) is 11.1 Å². The van der Waals surface area contributed by atoms with Gasteiger partial charge in [-0.1, -0.05) is 23.7 Å². The molecule has 2 aromatic rings. The molecule has 0 saturated heterocycles. The molecular weight excluding hydrogens is 302 g/mol. The Balaban J connectivity index is 1.81. The fraction of sp³-hybridized carbons (Fsp3) is 0.235. The van der Waals surface area contributed by atoms with Gasteiger partial charge in [0.15, 0.2) is 6.61 Å². The lowest BCUT2D eigenvalue weighted by atomic mass is 10.1. The van der Waals surface area contributed by atoms with E-state index in [9.17, 15) is 4.79 Å². The quantitative estimate of drug-likeness (QED) is 0.872. The first-order valence-corrected chi connectivity index (χ1v) is 7.35. The number of carbonyl (C=O) groups is 1. The molecule has 0 spiro atoms. The second-order valence-electron chi connectivity index (χ2n) is 5.14. The third-order valence-corrected chi connectivity index (χ3v) is 3.86. The lowest BCUT2D eigenvalue weighted by Crippen LogP contribution is -2.31. The van der Waals surface area contributed by atoms with Crippen LogP contribution in [0.2, 0.25) is 5.02 Å². The summed E-state index contributed by atoms with van der Waals surface area (Å²) in [5, 5.41) is 0.640. The summed E-state index contributed by atoms with van der Waals surface area (Å²) >= 11 is 6.03. The summed E-state index contributed by atoms with van der Waals surface area (Å²) in [6.45, 7) is 1.06. The van der Waals surface area contributed by atoms with E-state index in [4.69, 9.17) is 21.1 Å². The molecule has 1 aliphatic heterocycles. The Labute approximate surface area is 134 Å². The topological polar surface area (TPSA) is 38.8 Å². The maximum atomic E-state index is 12.2. The van der Waals surface area contributed by atoms with E-state index in [-0.39, 0.29) is 12.5 Å². The molecule has 0 saturated carbocycles. The van der Waals surface area contributed by atoms with Crippen LogP contribution in [0.3, 0.4) is 0 Å². The van der Waals surface area contributed by atoms with Gasteiger partial charge in [-0.15, -0.1) is 0 Å². The number of halogens is 1. The Morgan fingerprint density at radius 3 is 2.73 bits per heavy atom. The van der Waals surface area contributed by atoms with Gasteiger partial charge in [0.25, 0.3) is 5.91 Å². The molecule has 0 aliphatic carbocycles. The average molecular weight is 318 g/mol. The average Bonchev–Trinajstić information content (AvgIpc) is 2.68. The van der Waals surface area contributed by atoms with Gasteiger partial charge in [0.1, 0.15) is 11.5 Å². The smallest absolute Gasteiger partial charge is 0.261 e. The summed E-state index contributed by atoms with van der Waals surface area (Å²) < 4.78 is 10.7. The van der Waals surface area contributed by atoms with Crippen LogP contribution in [0.15, 0.2) is 42.5 Å². The molecular formula is C17H16ClNO3. The molecule has 5 heteroatoms. The van der Waals surface area contributed by atoms with Gasteiger partial charge in [0.2, 0.25) is 0 Å². The zero-order chi connectivity index (χ0) is 15.5. The summed E-state index contributed by atoms with van der Waals surface area (Å²) in [6, 6.07) is 13.1. The van der Waals surface area contributed by atoms with E-state index in [1.54, 1.807) is 18.1 Å². The molecule has 3 rings (SSSR count). The number of benzene rings is 2. The van der Waals surface area contributed by atoms with Crippen LogP contribution in [0, 0.1) is 0 Å². The van der Waals surface area contributed by atoms with Crippen molar-refractivity contribution in [3.63, 3.8) is 0 Å². The predicted molar refractivity (Wildman–Crippen MR) is 84.2 cm³/mol. The van der Waals surface area contributed by atoms with Gasteiger partial charge in [-0.2, -0.15) is 0 Å². The molecule has 4 nitrogen and oxygen atoms in total. The standard InChI is InChI=1S/C17H16ClNO3/c1-21-15-5-2-12(3-6-15)9-19-10-13-8-14(18)4-7-16(13)22-11-17(19)20/h2-8H,9-11H2,1H3. The SMILES string of the molecule is COc1ccc(CN2Cc3cc(Cl)ccc3OCC2=O)cc1. The summed E-state index contributed by atoms with van der Waals surface area (Å²) in [5.74, 6) is 1.48. The maximum Gasteiger partial charge on any atom is 0.261 e. The molecule has 1 amide bonds. The van der Waals surface area contributed by atoms with Crippen molar-refractivity contribution in [1.82, 2.24) is 4.90 Å². The van der Waals surface area contributed by atoms with Gasteiger partial charge in [0.05, 0.1) is 7.11 Å². The van der Waals surface area contributed by atoms with Crippen molar-refractivity contribution in [3.05, 3.63) is 58.6 Å². The molecule has 0 unspecified atom stereocenters. The normalized spacial score (nSPS) is 14.1. The van der Waals surface area contributed by atoms with Crippen LogP contribution in [0.5, 0.6) is 11.5 Å². The first kappa shape index (κ1) is 14.7. The van der Waals surface area contributed by atoms with Gasteiger partial charge in [-0.05, 0) is 35.9 Å². The predicted octanol–water partition coefficient (Wildman–Crippen LogP) is 3.27. The van der Waals surface area contributed by atoms with Crippen LogP contribution in [-0.2, 0) is 17.9 Å². The largest absolute Gasteiger partial charge is 0.497 e. The van der Waals surface area contributed by atoms with Crippen molar-refractivity contribution < 1.29 is 14.3 Å². The fourth-order valence-corrected chi connectivity index (χ4v) is 2.63. The third kappa shape index (κ3) is 3.17. The Morgan fingerprint density at radius 2 is 2.00 bits per heavy atom. The summed E-state index contributed by atoms with van der Waals surface area (Å²) in [7, 11) is 1.63. The monoisotopic (exact) mass is 317 g/mol. The molecule has 114 valence electrons. The first-order valence-electron chi connectivity index (χ1n) is 6.97. The summed E-state index contributed by atoms with van der Waals surface area (Å²) in [5.41, 5.74) is 1.96. The van der Waals surface area contributed by atoms with E-state index >= 15 is 0 Å². The van der Waals surface area contributed by atoms with Crippen molar-refractivity contribution in [3.8, 4) is 11.5 Å². The zero-order valence-electron chi connectivity index (χ0n) is 12.2. The Morgan fingerprint density at radius 1 is 1.23 bits per heavy atom. The number of methoxy groups -OCH3 is 1. The number of rotatable bonds is 3. The minimum Gasteiger partial charge on any atom is -0.497 e. The molecule has 0 bridgehead atoms. The number of amides is 1. The van der Waals surface area contributed by atoms with E-state index < -0.39 is 0 Å². The van der Waals surface area contributed by atoms with Crippen LogP contribution in [0.4, 0.5) is 0 Å². The summed E-state index contributed by atoms with van der Waals surface area (Å²) in [4.78, 5) is 14.0. The van der Waals surface area contributed by atoms with E-state index in [2.05, 4.69) is 0 Å². The highest BCUT2D eigenvalue weighted by molar-refractivity contribution is 6.30. The van der Waals surface area contributed by atoms with Gasteiger partial charge >= 0.3 is 0 Å². The van der Waals surface area contributed by atoms with E-state index in [1.807, 2.05) is 36.4 Å². The third-order valence-electron chi connectivity index (χ3n) is 3.62. The van der Waals surface area contributed by atoms with Crippen molar-refractivity contribution >= 4 is 17.5 Å².